The number of aryl methyl sites for hydroxylation is 1. The Hall–Kier alpha value is -2.11. The zero-order valence-corrected chi connectivity index (χ0v) is 10.8. The number of aromatic nitrogens is 3. The summed E-state index contributed by atoms with van der Waals surface area (Å²) < 4.78 is 1.39. The van der Waals surface area contributed by atoms with Crippen molar-refractivity contribution in [2.24, 2.45) is 5.92 Å². The molecule has 2 aromatic heterocycles. The van der Waals surface area contributed by atoms with Crippen molar-refractivity contribution in [1.82, 2.24) is 14.6 Å². The molecular formula is C13H16N4O2. The SMILES string of the molecule is Cc1nc2ccc(NCC3CCC3)nn2c1C(=O)O. The van der Waals surface area contributed by atoms with Gasteiger partial charge in [0.15, 0.2) is 11.3 Å². The molecule has 0 atom stereocenters. The lowest BCUT2D eigenvalue weighted by molar-refractivity contribution is 0.0687. The molecule has 0 unspecified atom stereocenters. The van der Waals surface area contributed by atoms with Gasteiger partial charge in [-0.25, -0.2) is 14.3 Å². The highest BCUT2D eigenvalue weighted by molar-refractivity contribution is 5.88. The summed E-state index contributed by atoms with van der Waals surface area (Å²) in [6.45, 7) is 2.58. The van der Waals surface area contributed by atoms with Crippen LogP contribution in [0, 0.1) is 12.8 Å². The van der Waals surface area contributed by atoms with E-state index in [0.29, 0.717) is 17.2 Å². The molecule has 0 aliphatic heterocycles. The van der Waals surface area contributed by atoms with Gasteiger partial charge in [-0.15, -0.1) is 5.10 Å². The number of carboxylic acid groups (broad SMARTS) is 1. The monoisotopic (exact) mass is 260 g/mol. The van der Waals surface area contributed by atoms with E-state index in [-0.39, 0.29) is 5.69 Å². The van der Waals surface area contributed by atoms with Crippen LogP contribution in [-0.4, -0.2) is 32.2 Å². The van der Waals surface area contributed by atoms with Crippen LogP contribution in [0.25, 0.3) is 5.65 Å². The summed E-state index contributed by atoms with van der Waals surface area (Å²) in [5, 5.41) is 16.8. The number of nitrogens with one attached hydrogen (secondary N) is 1. The minimum absolute atomic E-state index is 0.127. The maximum absolute atomic E-state index is 11.2. The van der Waals surface area contributed by atoms with Crippen LogP contribution in [0.15, 0.2) is 12.1 Å². The molecule has 1 aliphatic carbocycles. The van der Waals surface area contributed by atoms with Gasteiger partial charge < -0.3 is 10.4 Å². The second-order valence-electron chi connectivity index (χ2n) is 5.02. The Morgan fingerprint density at radius 2 is 2.32 bits per heavy atom. The van der Waals surface area contributed by atoms with E-state index in [1.807, 2.05) is 6.07 Å². The molecule has 0 radical (unpaired) electrons. The number of nitrogens with zero attached hydrogens (tertiary/aromatic N) is 3. The molecule has 2 heterocycles. The molecule has 19 heavy (non-hydrogen) atoms. The Labute approximate surface area is 110 Å². The fraction of sp³-hybridized carbons (Fsp3) is 0.462. The molecule has 0 aromatic carbocycles. The van der Waals surface area contributed by atoms with Gasteiger partial charge >= 0.3 is 5.97 Å². The molecule has 0 bridgehead atoms. The molecule has 0 amide bonds. The quantitative estimate of drug-likeness (QED) is 0.878. The number of rotatable bonds is 4. The molecule has 1 aliphatic rings. The van der Waals surface area contributed by atoms with Crippen LogP contribution < -0.4 is 5.32 Å². The van der Waals surface area contributed by atoms with Gasteiger partial charge in [-0.05, 0) is 37.8 Å². The molecule has 0 saturated heterocycles. The van der Waals surface area contributed by atoms with Crippen molar-refractivity contribution in [3.8, 4) is 0 Å². The van der Waals surface area contributed by atoms with Crippen molar-refractivity contribution < 1.29 is 9.90 Å². The highest BCUT2D eigenvalue weighted by Crippen LogP contribution is 2.26. The average Bonchev–Trinajstić information content (AvgIpc) is 2.62. The van der Waals surface area contributed by atoms with Crippen LogP contribution >= 0.6 is 0 Å². The number of carboxylic acids is 1. The number of anilines is 1. The van der Waals surface area contributed by atoms with Crippen LogP contribution in [0.5, 0.6) is 0 Å². The van der Waals surface area contributed by atoms with E-state index in [0.717, 1.165) is 12.5 Å². The first-order chi connectivity index (χ1) is 9.15. The zero-order chi connectivity index (χ0) is 13.4. The first-order valence-electron chi connectivity index (χ1n) is 6.48. The number of carbonyl (C=O) groups is 1. The summed E-state index contributed by atoms with van der Waals surface area (Å²) in [7, 11) is 0. The topological polar surface area (TPSA) is 79.5 Å². The Morgan fingerprint density at radius 3 is 2.95 bits per heavy atom. The van der Waals surface area contributed by atoms with E-state index in [1.165, 1.54) is 23.8 Å². The largest absolute Gasteiger partial charge is 0.476 e. The van der Waals surface area contributed by atoms with Gasteiger partial charge in [0.1, 0.15) is 5.82 Å². The number of hydrogen-bond donors (Lipinski definition) is 2. The van der Waals surface area contributed by atoms with Crippen LogP contribution in [-0.2, 0) is 0 Å². The highest BCUT2D eigenvalue weighted by Gasteiger charge is 2.18. The highest BCUT2D eigenvalue weighted by atomic mass is 16.4. The molecule has 1 fully saturated rings. The lowest BCUT2D eigenvalue weighted by atomic mass is 9.85. The summed E-state index contributed by atoms with van der Waals surface area (Å²) >= 11 is 0. The van der Waals surface area contributed by atoms with Crippen molar-refractivity contribution >= 4 is 17.4 Å². The molecule has 3 rings (SSSR count). The third-order valence-electron chi connectivity index (χ3n) is 3.65. The van der Waals surface area contributed by atoms with Crippen molar-refractivity contribution in [1.29, 1.82) is 0 Å². The Balaban J connectivity index is 1.89. The predicted octanol–water partition coefficient (Wildman–Crippen LogP) is 1.95. The summed E-state index contributed by atoms with van der Waals surface area (Å²) in [5.41, 5.74) is 1.17. The first kappa shape index (κ1) is 12.0. The number of fused-ring (bicyclic) bond motifs is 1. The number of imidazole rings is 1. The van der Waals surface area contributed by atoms with Crippen LogP contribution in [0.3, 0.4) is 0 Å². The Kier molecular flexibility index (Phi) is 2.85. The van der Waals surface area contributed by atoms with E-state index < -0.39 is 5.97 Å². The van der Waals surface area contributed by atoms with E-state index in [1.54, 1.807) is 13.0 Å². The zero-order valence-electron chi connectivity index (χ0n) is 10.8. The first-order valence-corrected chi connectivity index (χ1v) is 6.48. The van der Waals surface area contributed by atoms with E-state index in [2.05, 4.69) is 15.4 Å². The standard InChI is InChI=1S/C13H16N4O2/c1-8-12(13(18)19)17-11(15-8)6-5-10(16-17)14-7-9-3-2-4-9/h5-6,9H,2-4,7H2,1H3,(H,14,16)(H,18,19). The normalized spacial score (nSPS) is 15.4. The third-order valence-corrected chi connectivity index (χ3v) is 3.65. The minimum Gasteiger partial charge on any atom is -0.476 e. The molecular weight excluding hydrogens is 244 g/mol. The summed E-state index contributed by atoms with van der Waals surface area (Å²) in [6.07, 6.45) is 3.84. The molecule has 1 saturated carbocycles. The molecule has 0 spiro atoms. The fourth-order valence-corrected chi connectivity index (χ4v) is 2.33. The second kappa shape index (κ2) is 4.53. The fourth-order valence-electron chi connectivity index (χ4n) is 2.33. The average molecular weight is 260 g/mol. The molecule has 2 N–H and O–H groups in total. The Morgan fingerprint density at radius 1 is 1.53 bits per heavy atom. The van der Waals surface area contributed by atoms with Gasteiger partial charge in [-0.2, -0.15) is 0 Å². The molecule has 6 heteroatoms. The number of hydrogen-bond acceptors (Lipinski definition) is 4. The van der Waals surface area contributed by atoms with Crippen LogP contribution in [0.4, 0.5) is 5.82 Å². The van der Waals surface area contributed by atoms with E-state index >= 15 is 0 Å². The second-order valence-corrected chi connectivity index (χ2v) is 5.02. The van der Waals surface area contributed by atoms with Gasteiger partial charge in [0.2, 0.25) is 0 Å². The van der Waals surface area contributed by atoms with Crippen molar-refractivity contribution in [3.63, 3.8) is 0 Å². The van der Waals surface area contributed by atoms with Crippen molar-refractivity contribution in [2.75, 3.05) is 11.9 Å². The summed E-state index contributed by atoms with van der Waals surface area (Å²) in [5.74, 6) is 0.411. The van der Waals surface area contributed by atoms with Gasteiger partial charge in [-0.3, -0.25) is 0 Å². The lowest BCUT2D eigenvalue weighted by Crippen LogP contribution is -2.21. The van der Waals surface area contributed by atoms with Gasteiger partial charge in [-0.1, -0.05) is 6.42 Å². The maximum atomic E-state index is 11.2. The van der Waals surface area contributed by atoms with E-state index in [4.69, 9.17) is 0 Å². The van der Waals surface area contributed by atoms with Gasteiger partial charge in [0, 0.05) is 6.54 Å². The van der Waals surface area contributed by atoms with Gasteiger partial charge in [0.05, 0.1) is 5.69 Å². The third kappa shape index (κ3) is 2.14. The lowest BCUT2D eigenvalue weighted by Gasteiger charge is -2.25. The number of aromatic carboxylic acids is 1. The van der Waals surface area contributed by atoms with Gasteiger partial charge in [0.25, 0.3) is 0 Å². The molecule has 100 valence electrons. The summed E-state index contributed by atoms with van der Waals surface area (Å²) in [4.78, 5) is 15.4. The molecule has 6 nitrogen and oxygen atoms in total. The smallest absolute Gasteiger partial charge is 0.356 e. The minimum atomic E-state index is -1.01. The predicted molar refractivity (Wildman–Crippen MR) is 70.5 cm³/mol. The van der Waals surface area contributed by atoms with Crippen molar-refractivity contribution in [2.45, 2.75) is 26.2 Å². The maximum Gasteiger partial charge on any atom is 0.356 e. The molecule has 2 aromatic rings. The Bertz CT molecular complexity index is 631. The van der Waals surface area contributed by atoms with Crippen LogP contribution in [0.1, 0.15) is 35.4 Å². The van der Waals surface area contributed by atoms with E-state index in [9.17, 15) is 9.90 Å². The van der Waals surface area contributed by atoms with Crippen molar-refractivity contribution in [3.05, 3.63) is 23.5 Å². The van der Waals surface area contributed by atoms with Crippen LogP contribution in [0.2, 0.25) is 0 Å². The summed E-state index contributed by atoms with van der Waals surface area (Å²) in [6, 6.07) is 3.63.